The first-order valence-corrected chi connectivity index (χ1v) is 11.5. The average Bonchev–Trinajstić information content (AvgIpc) is 3.26. The van der Waals surface area contributed by atoms with Gasteiger partial charge in [-0.05, 0) is 31.9 Å². The zero-order valence-corrected chi connectivity index (χ0v) is 19.7. The molecule has 0 aliphatic heterocycles. The summed E-state index contributed by atoms with van der Waals surface area (Å²) < 4.78 is 6.89. The zero-order valence-electron chi connectivity index (χ0n) is 18.1. The molecule has 2 aromatic heterocycles. The molecule has 0 atom stereocenters. The number of rotatable bonds is 8. The predicted octanol–water partition coefficient (Wildman–Crippen LogP) is 3.17. The number of amides is 2. The normalized spacial score (nSPS) is 10.8. The topological polar surface area (TPSA) is 129 Å². The van der Waals surface area contributed by atoms with Gasteiger partial charge in [0.1, 0.15) is 5.00 Å². The van der Waals surface area contributed by atoms with Crippen LogP contribution in [0.1, 0.15) is 38.1 Å². The largest absolute Gasteiger partial charge is 0.462 e. The molecule has 0 fully saturated rings. The molecule has 3 rings (SSSR count). The lowest BCUT2D eigenvalue weighted by Crippen LogP contribution is -2.17. The minimum atomic E-state index is -0.671. The standard InChI is InChI=1S/C21H23N5O4S2/c1-5-30-20(29)15-12(3)16(17(22)28)32-19(15)23-14(27)10-31-21-25-24-18(26(21)4)13-9-7-6-8-11(13)2/h6-9H,5,10H2,1-4H3,(H2,22,28)(H,23,27). The van der Waals surface area contributed by atoms with Gasteiger partial charge in [-0.1, -0.05) is 36.0 Å². The Bertz CT molecular complexity index is 1190. The molecule has 3 N–H and O–H groups in total. The van der Waals surface area contributed by atoms with Crippen molar-refractivity contribution in [2.45, 2.75) is 25.9 Å². The molecule has 0 saturated heterocycles. The van der Waals surface area contributed by atoms with Crippen LogP contribution in [0.4, 0.5) is 5.00 Å². The van der Waals surface area contributed by atoms with E-state index in [0.717, 1.165) is 22.5 Å². The number of nitrogens with one attached hydrogen (secondary N) is 1. The van der Waals surface area contributed by atoms with Crippen molar-refractivity contribution in [2.75, 3.05) is 17.7 Å². The number of hydrogen-bond donors (Lipinski definition) is 2. The number of carbonyl (C=O) groups excluding carboxylic acids is 3. The molecule has 9 nitrogen and oxygen atoms in total. The molecule has 0 saturated carbocycles. The Morgan fingerprint density at radius 2 is 1.94 bits per heavy atom. The first-order valence-electron chi connectivity index (χ1n) is 9.72. The second-order valence-corrected chi connectivity index (χ2v) is 8.83. The maximum atomic E-state index is 12.6. The molecule has 3 aromatic rings. The first kappa shape index (κ1) is 23.5. The highest BCUT2D eigenvalue weighted by molar-refractivity contribution is 7.99. The van der Waals surface area contributed by atoms with Crippen LogP contribution in [0.3, 0.4) is 0 Å². The molecule has 0 aliphatic carbocycles. The van der Waals surface area contributed by atoms with Crippen molar-refractivity contribution in [3.8, 4) is 11.4 Å². The molecule has 0 radical (unpaired) electrons. The van der Waals surface area contributed by atoms with Gasteiger partial charge in [-0.25, -0.2) is 4.79 Å². The summed E-state index contributed by atoms with van der Waals surface area (Å²) >= 11 is 2.17. The Morgan fingerprint density at radius 3 is 2.59 bits per heavy atom. The van der Waals surface area contributed by atoms with E-state index < -0.39 is 11.9 Å². The van der Waals surface area contributed by atoms with Gasteiger partial charge in [-0.3, -0.25) is 9.59 Å². The SMILES string of the molecule is CCOC(=O)c1c(NC(=O)CSc2nnc(-c3ccccc3C)n2C)sc(C(N)=O)c1C. The van der Waals surface area contributed by atoms with Gasteiger partial charge in [-0.2, -0.15) is 0 Å². The summed E-state index contributed by atoms with van der Waals surface area (Å²) in [7, 11) is 1.84. The minimum absolute atomic E-state index is 0.0326. The summed E-state index contributed by atoms with van der Waals surface area (Å²) in [6.07, 6.45) is 0. The summed E-state index contributed by atoms with van der Waals surface area (Å²) in [5, 5.41) is 11.9. The van der Waals surface area contributed by atoms with Crippen molar-refractivity contribution < 1.29 is 19.1 Å². The van der Waals surface area contributed by atoms with Crippen LogP contribution in [0.2, 0.25) is 0 Å². The highest BCUT2D eigenvalue weighted by atomic mass is 32.2. The Kier molecular flexibility index (Phi) is 7.31. The van der Waals surface area contributed by atoms with E-state index in [9.17, 15) is 14.4 Å². The van der Waals surface area contributed by atoms with Gasteiger partial charge in [0.25, 0.3) is 5.91 Å². The quantitative estimate of drug-likeness (QED) is 0.380. The molecule has 11 heteroatoms. The highest BCUT2D eigenvalue weighted by Crippen LogP contribution is 2.34. The second-order valence-electron chi connectivity index (χ2n) is 6.86. The minimum Gasteiger partial charge on any atom is -0.462 e. The number of aryl methyl sites for hydroxylation is 1. The van der Waals surface area contributed by atoms with E-state index >= 15 is 0 Å². The van der Waals surface area contributed by atoms with Crippen LogP contribution in [0.15, 0.2) is 29.4 Å². The molecule has 0 unspecified atom stereocenters. The number of aromatic nitrogens is 3. The predicted molar refractivity (Wildman–Crippen MR) is 124 cm³/mol. The van der Waals surface area contributed by atoms with Crippen molar-refractivity contribution in [3.63, 3.8) is 0 Å². The van der Waals surface area contributed by atoms with Crippen LogP contribution in [-0.4, -0.2) is 44.9 Å². The molecule has 2 heterocycles. The summed E-state index contributed by atoms with van der Waals surface area (Å²) in [5.41, 5.74) is 7.97. The fourth-order valence-corrected chi connectivity index (χ4v) is 4.85. The summed E-state index contributed by atoms with van der Waals surface area (Å²) in [6.45, 7) is 5.43. The van der Waals surface area contributed by atoms with Gasteiger partial charge in [0.15, 0.2) is 11.0 Å². The smallest absolute Gasteiger partial charge is 0.341 e. The molecular weight excluding hydrogens is 450 g/mol. The van der Waals surface area contributed by atoms with Crippen LogP contribution in [0.25, 0.3) is 11.4 Å². The maximum Gasteiger partial charge on any atom is 0.341 e. The Morgan fingerprint density at radius 1 is 1.22 bits per heavy atom. The number of thiophene rings is 1. The number of carbonyl (C=O) groups is 3. The molecule has 168 valence electrons. The number of nitrogens with zero attached hydrogens (tertiary/aromatic N) is 3. The van der Waals surface area contributed by atoms with Gasteiger partial charge in [0.2, 0.25) is 5.91 Å². The molecule has 1 aromatic carbocycles. The van der Waals surface area contributed by atoms with Crippen molar-refractivity contribution in [2.24, 2.45) is 12.8 Å². The van der Waals surface area contributed by atoms with Crippen molar-refractivity contribution in [1.29, 1.82) is 0 Å². The van der Waals surface area contributed by atoms with Crippen LogP contribution < -0.4 is 11.1 Å². The van der Waals surface area contributed by atoms with E-state index in [2.05, 4.69) is 15.5 Å². The van der Waals surface area contributed by atoms with Crippen LogP contribution >= 0.6 is 23.1 Å². The molecule has 0 spiro atoms. The van der Waals surface area contributed by atoms with E-state index in [1.165, 1.54) is 11.8 Å². The molecule has 2 amide bonds. The van der Waals surface area contributed by atoms with E-state index in [4.69, 9.17) is 10.5 Å². The molecule has 32 heavy (non-hydrogen) atoms. The third kappa shape index (κ3) is 4.83. The number of esters is 1. The Hall–Kier alpha value is -3.18. The highest BCUT2D eigenvalue weighted by Gasteiger charge is 2.26. The van der Waals surface area contributed by atoms with E-state index in [-0.39, 0.29) is 33.7 Å². The number of primary amides is 1. The number of nitrogens with two attached hydrogens (primary N) is 1. The van der Waals surface area contributed by atoms with Gasteiger partial charge in [0.05, 0.1) is 22.8 Å². The number of hydrogen-bond acceptors (Lipinski definition) is 8. The maximum absolute atomic E-state index is 12.6. The number of anilines is 1. The van der Waals surface area contributed by atoms with E-state index in [1.807, 2.05) is 42.8 Å². The van der Waals surface area contributed by atoms with Gasteiger partial charge < -0.3 is 20.4 Å². The summed E-state index contributed by atoms with van der Waals surface area (Å²) in [6, 6.07) is 7.85. The summed E-state index contributed by atoms with van der Waals surface area (Å²) in [5.74, 6) is -0.914. The Labute approximate surface area is 193 Å². The lowest BCUT2D eigenvalue weighted by Gasteiger charge is -2.08. The number of thioether (sulfide) groups is 1. The Balaban J connectivity index is 1.75. The van der Waals surface area contributed by atoms with Crippen molar-refractivity contribution >= 4 is 45.9 Å². The lowest BCUT2D eigenvalue weighted by atomic mass is 10.1. The number of ether oxygens (including phenoxy) is 1. The van der Waals surface area contributed by atoms with Crippen molar-refractivity contribution in [1.82, 2.24) is 14.8 Å². The second kappa shape index (κ2) is 9.96. The van der Waals surface area contributed by atoms with Crippen LogP contribution in [-0.2, 0) is 16.6 Å². The van der Waals surface area contributed by atoms with Crippen LogP contribution in [0.5, 0.6) is 0 Å². The van der Waals surface area contributed by atoms with E-state index in [1.54, 1.807) is 13.8 Å². The first-order chi connectivity index (χ1) is 15.2. The molecular formula is C21H23N5O4S2. The molecule has 0 bridgehead atoms. The van der Waals surface area contributed by atoms with Gasteiger partial charge >= 0.3 is 5.97 Å². The van der Waals surface area contributed by atoms with Gasteiger partial charge in [-0.15, -0.1) is 21.5 Å². The third-order valence-corrected chi connectivity index (χ3v) is 6.90. The van der Waals surface area contributed by atoms with E-state index in [0.29, 0.717) is 16.5 Å². The fraction of sp³-hybridized carbons (Fsp3) is 0.286. The lowest BCUT2D eigenvalue weighted by molar-refractivity contribution is -0.113. The number of benzene rings is 1. The van der Waals surface area contributed by atoms with Gasteiger partial charge in [0, 0.05) is 12.6 Å². The monoisotopic (exact) mass is 473 g/mol. The zero-order chi connectivity index (χ0) is 23.4. The van der Waals surface area contributed by atoms with Crippen LogP contribution in [0, 0.1) is 13.8 Å². The third-order valence-electron chi connectivity index (χ3n) is 4.66. The fourth-order valence-electron chi connectivity index (χ4n) is 3.08. The molecule has 0 aliphatic rings. The average molecular weight is 474 g/mol. The van der Waals surface area contributed by atoms with Crippen molar-refractivity contribution in [3.05, 3.63) is 45.8 Å². The summed E-state index contributed by atoms with van der Waals surface area (Å²) in [4.78, 5) is 36.8.